The average Bonchev–Trinajstić information content (AvgIpc) is 1.99. The van der Waals surface area contributed by atoms with Crippen molar-refractivity contribution in [2.45, 2.75) is 50.4 Å². The second kappa shape index (κ2) is 5.10. The minimum atomic E-state index is -4.08. The molecule has 0 nitrogen and oxygen atoms in total. The number of allylic oxidation sites excluding steroid dienone is 1. The second-order valence-corrected chi connectivity index (χ2v) is 3.77. The quantitative estimate of drug-likeness (QED) is 0.454. The molecule has 0 spiro atoms. The highest BCUT2D eigenvalue weighted by atomic mass is 19.3. The third kappa shape index (κ3) is 6.02. The molecule has 0 rings (SSSR count). The van der Waals surface area contributed by atoms with Gasteiger partial charge in [-0.05, 0) is 0 Å². The number of hydrogen-bond donors (Lipinski definition) is 0. The lowest BCUT2D eigenvalue weighted by atomic mass is 10.00. The van der Waals surface area contributed by atoms with Crippen molar-refractivity contribution in [1.29, 1.82) is 0 Å². The molecular weight excluding hydrogens is 234 g/mol. The number of rotatable bonds is 7. The standard InChI is InChI=1S/C10H14F6/c1-3-5-9(13,14)7-10(15,16)6-8(11,12)4-2/h3H,1,4-7H2,2H3. The summed E-state index contributed by atoms with van der Waals surface area (Å²) in [7, 11) is 0. The topological polar surface area (TPSA) is 0 Å². The molecule has 0 fully saturated rings. The fourth-order valence-corrected chi connectivity index (χ4v) is 1.23. The fraction of sp³-hybridized carbons (Fsp3) is 0.800. The maximum Gasteiger partial charge on any atom is 0.259 e. The van der Waals surface area contributed by atoms with Gasteiger partial charge in [-0.2, -0.15) is 0 Å². The van der Waals surface area contributed by atoms with Crippen molar-refractivity contribution in [2.75, 3.05) is 0 Å². The largest absolute Gasteiger partial charge is 0.259 e. The summed E-state index contributed by atoms with van der Waals surface area (Å²) in [5, 5.41) is 0. The molecule has 0 aliphatic rings. The van der Waals surface area contributed by atoms with Gasteiger partial charge in [0.2, 0.25) is 0 Å². The van der Waals surface area contributed by atoms with Crippen molar-refractivity contribution in [1.82, 2.24) is 0 Å². The molecule has 0 unspecified atom stereocenters. The molecule has 0 saturated heterocycles. The molecular formula is C10H14F6. The van der Waals surface area contributed by atoms with E-state index >= 15 is 0 Å². The Balaban J connectivity index is 4.50. The molecule has 0 heterocycles. The van der Waals surface area contributed by atoms with Gasteiger partial charge in [0.25, 0.3) is 17.8 Å². The van der Waals surface area contributed by atoms with Crippen molar-refractivity contribution in [3.63, 3.8) is 0 Å². The molecule has 0 radical (unpaired) electrons. The third-order valence-electron chi connectivity index (χ3n) is 1.99. The predicted octanol–water partition coefficient (Wildman–Crippen LogP) is 4.66. The van der Waals surface area contributed by atoms with Crippen LogP contribution < -0.4 is 0 Å². The van der Waals surface area contributed by atoms with E-state index in [9.17, 15) is 26.3 Å². The van der Waals surface area contributed by atoms with Crippen LogP contribution in [0.15, 0.2) is 12.7 Å². The first kappa shape index (κ1) is 15.3. The summed E-state index contributed by atoms with van der Waals surface area (Å²) < 4.78 is 76.8. The van der Waals surface area contributed by atoms with Crippen LogP contribution in [0, 0.1) is 0 Å². The van der Waals surface area contributed by atoms with Crippen molar-refractivity contribution in [3.8, 4) is 0 Å². The molecule has 0 aliphatic heterocycles. The van der Waals surface area contributed by atoms with Crippen molar-refractivity contribution in [2.24, 2.45) is 0 Å². The fourth-order valence-electron chi connectivity index (χ4n) is 1.23. The number of hydrogen-bond acceptors (Lipinski definition) is 0. The zero-order valence-corrected chi connectivity index (χ0v) is 8.88. The SMILES string of the molecule is C=CCC(F)(F)CC(F)(F)CC(F)(F)CC. The van der Waals surface area contributed by atoms with Gasteiger partial charge in [-0.3, -0.25) is 0 Å². The lowest BCUT2D eigenvalue weighted by Crippen LogP contribution is -2.34. The summed E-state index contributed by atoms with van der Waals surface area (Å²) >= 11 is 0. The van der Waals surface area contributed by atoms with E-state index in [0.29, 0.717) is 0 Å². The van der Waals surface area contributed by atoms with Crippen LogP contribution in [0.25, 0.3) is 0 Å². The number of alkyl halides is 6. The van der Waals surface area contributed by atoms with E-state index in [1.807, 2.05) is 0 Å². The lowest BCUT2D eigenvalue weighted by molar-refractivity contribution is -0.156. The third-order valence-corrected chi connectivity index (χ3v) is 1.99. The Bertz CT molecular complexity index is 233. The van der Waals surface area contributed by atoms with Crippen molar-refractivity contribution >= 4 is 0 Å². The summed E-state index contributed by atoms with van der Waals surface area (Å²) in [6, 6.07) is 0. The second-order valence-electron chi connectivity index (χ2n) is 3.77. The van der Waals surface area contributed by atoms with Crippen molar-refractivity contribution < 1.29 is 26.3 Å². The first-order valence-corrected chi connectivity index (χ1v) is 4.78. The molecule has 0 aromatic rings. The molecule has 0 atom stereocenters. The zero-order chi connectivity index (χ0) is 13.0. The van der Waals surface area contributed by atoms with E-state index in [-0.39, 0.29) is 0 Å². The summed E-state index contributed by atoms with van der Waals surface area (Å²) in [5.74, 6) is -11.4. The Labute approximate surface area is 90.3 Å². The molecule has 0 aromatic carbocycles. The highest BCUT2D eigenvalue weighted by Gasteiger charge is 2.48. The highest BCUT2D eigenvalue weighted by molar-refractivity contribution is 4.86. The Morgan fingerprint density at radius 2 is 1.31 bits per heavy atom. The maximum absolute atomic E-state index is 12.9. The molecule has 16 heavy (non-hydrogen) atoms. The van der Waals surface area contributed by atoms with E-state index in [0.717, 1.165) is 13.0 Å². The van der Waals surface area contributed by atoms with Crippen LogP contribution in [0.4, 0.5) is 26.3 Å². The van der Waals surface area contributed by atoms with Gasteiger partial charge in [-0.15, -0.1) is 6.58 Å². The summed E-state index contributed by atoms with van der Waals surface area (Å²) in [4.78, 5) is 0. The Morgan fingerprint density at radius 3 is 1.69 bits per heavy atom. The van der Waals surface area contributed by atoms with Gasteiger partial charge in [0, 0.05) is 12.8 Å². The predicted molar refractivity (Wildman–Crippen MR) is 49.2 cm³/mol. The van der Waals surface area contributed by atoms with Crippen LogP contribution in [0.5, 0.6) is 0 Å². The Kier molecular flexibility index (Phi) is 4.88. The Hall–Kier alpha value is -0.680. The average molecular weight is 248 g/mol. The molecule has 6 heteroatoms. The van der Waals surface area contributed by atoms with E-state index in [2.05, 4.69) is 6.58 Å². The van der Waals surface area contributed by atoms with Crippen LogP contribution in [0.3, 0.4) is 0 Å². The summed E-state index contributed by atoms with van der Waals surface area (Å²) in [5.41, 5.74) is 0. The first-order chi connectivity index (χ1) is 7.04. The molecule has 0 aliphatic carbocycles. The lowest BCUT2D eigenvalue weighted by Gasteiger charge is -2.25. The van der Waals surface area contributed by atoms with Crippen LogP contribution in [-0.4, -0.2) is 17.8 Å². The van der Waals surface area contributed by atoms with Gasteiger partial charge < -0.3 is 0 Å². The normalized spacial score (nSPS) is 13.9. The van der Waals surface area contributed by atoms with E-state index in [4.69, 9.17) is 0 Å². The van der Waals surface area contributed by atoms with Crippen LogP contribution in [0.2, 0.25) is 0 Å². The van der Waals surface area contributed by atoms with Crippen LogP contribution in [-0.2, 0) is 0 Å². The molecule has 0 aromatic heterocycles. The van der Waals surface area contributed by atoms with E-state index in [1.165, 1.54) is 0 Å². The van der Waals surface area contributed by atoms with Crippen LogP contribution in [0.1, 0.15) is 32.6 Å². The van der Waals surface area contributed by atoms with Gasteiger partial charge in [0.1, 0.15) is 0 Å². The summed E-state index contributed by atoms with van der Waals surface area (Å²) in [6.07, 6.45) is -4.67. The number of halogens is 6. The van der Waals surface area contributed by atoms with E-state index < -0.39 is 43.5 Å². The maximum atomic E-state index is 12.9. The van der Waals surface area contributed by atoms with Gasteiger partial charge >= 0.3 is 0 Å². The van der Waals surface area contributed by atoms with Gasteiger partial charge in [-0.1, -0.05) is 13.0 Å². The molecule has 0 bridgehead atoms. The monoisotopic (exact) mass is 248 g/mol. The minimum Gasteiger partial charge on any atom is -0.207 e. The first-order valence-electron chi connectivity index (χ1n) is 4.78. The van der Waals surface area contributed by atoms with Crippen LogP contribution >= 0.6 is 0 Å². The highest BCUT2D eigenvalue weighted by Crippen LogP contribution is 2.40. The Morgan fingerprint density at radius 1 is 0.875 bits per heavy atom. The minimum absolute atomic E-state index is 0.786. The summed E-state index contributed by atoms with van der Waals surface area (Å²) in [6.45, 7) is 4.02. The van der Waals surface area contributed by atoms with Gasteiger partial charge in [0.05, 0.1) is 12.8 Å². The van der Waals surface area contributed by atoms with Crippen molar-refractivity contribution in [3.05, 3.63) is 12.7 Å². The molecule has 96 valence electrons. The zero-order valence-electron chi connectivity index (χ0n) is 8.88. The van der Waals surface area contributed by atoms with Gasteiger partial charge in [-0.25, -0.2) is 26.3 Å². The smallest absolute Gasteiger partial charge is 0.207 e. The molecule has 0 amide bonds. The van der Waals surface area contributed by atoms with Gasteiger partial charge in [0.15, 0.2) is 0 Å². The molecule has 0 N–H and O–H groups in total. The van der Waals surface area contributed by atoms with E-state index in [1.54, 1.807) is 0 Å². The molecule has 0 saturated carbocycles.